The van der Waals surface area contributed by atoms with E-state index < -0.39 is 103 Å². The predicted molar refractivity (Wildman–Crippen MR) is 210 cm³/mol. The van der Waals surface area contributed by atoms with Crippen LogP contribution in [0.1, 0.15) is 65.4 Å². The molecule has 7 amide bonds. The number of aliphatic hydroxyl groups is 1. The van der Waals surface area contributed by atoms with Gasteiger partial charge in [-0.3, -0.25) is 38.6 Å². The van der Waals surface area contributed by atoms with Crippen LogP contribution in [0.15, 0.2) is 35.3 Å². The van der Waals surface area contributed by atoms with Crippen LogP contribution in [0.2, 0.25) is 0 Å². The van der Waals surface area contributed by atoms with Crippen LogP contribution in [0, 0.1) is 11.8 Å². The number of nitrogens with zero attached hydrogens (tertiary/aromatic N) is 1. The summed E-state index contributed by atoms with van der Waals surface area (Å²) in [6.07, 6.45) is -5.14. The molecule has 0 saturated heterocycles. The summed E-state index contributed by atoms with van der Waals surface area (Å²) in [5, 5.41) is 29.4. The quantitative estimate of drug-likeness (QED) is 0.0283. The van der Waals surface area contributed by atoms with Crippen molar-refractivity contribution in [2.75, 3.05) is 13.2 Å². The van der Waals surface area contributed by atoms with Gasteiger partial charge in [-0.05, 0) is 43.1 Å². The van der Waals surface area contributed by atoms with Crippen LogP contribution in [0.25, 0.3) is 0 Å². The third-order valence-corrected chi connectivity index (χ3v) is 8.02. The first-order valence-electron chi connectivity index (χ1n) is 18.6. The Morgan fingerprint density at radius 1 is 0.683 bits per heavy atom. The van der Waals surface area contributed by atoms with Gasteiger partial charge in [0.1, 0.15) is 36.3 Å². The molecule has 0 aliphatic heterocycles. The van der Waals surface area contributed by atoms with Gasteiger partial charge in [0.05, 0.1) is 13.0 Å². The number of halogens is 3. The highest BCUT2D eigenvalue weighted by molar-refractivity contribution is 5.97. The summed E-state index contributed by atoms with van der Waals surface area (Å²) >= 11 is 0. The smallest absolute Gasteiger partial charge is 0.475 e. The molecule has 1 aromatic carbocycles. The van der Waals surface area contributed by atoms with Crippen LogP contribution in [0.3, 0.4) is 0 Å². The van der Waals surface area contributed by atoms with E-state index in [1.54, 1.807) is 30.3 Å². The molecule has 0 heterocycles. The van der Waals surface area contributed by atoms with E-state index in [4.69, 9.17) is 38.6 Å². The lowest BCUT2D eigenvalue weighted by Crippen LogP contribution is -2.60. The number of alkyl halides is 3. The van der Waals surface area contributed by atoms with E-state index in [-0.39, 0.29) is 56.4 Å². The molecule has 1 rings (SSSR count). The van der Waals surface area contributed by atoms with E-state index >= 15 is 0 Å². The Hall–Kier alpha value is -6.04. The molecule has 0 aromatic heterocycles. The van der Waals surface area contributed by atoms with Gasteiger partial charge in [-0.25, -0.2) is 4.79 Å². The highest BCUT2D eigenvalue weighted by Gasteiger charge is 2.38. The zero-order valence-corrected chi connectivity index (χ0v) is 33.8. The number of hydrogen-bond acceptors (Lipinski definition) is 11. The molecule has 24 heteroatoms. The largest absolute Gasteiger partial charge is 0.490 e. The van der Waals surface area contributed by atoms with Crippen molar-refractivity contribution >= 4 is 53.3 Å². The van der Waals surface area contributed by atoms with Gasteiger partial charge in [-0.1, -0.05) is 58.0 Å². The number of carboxylic acids is 1. The number of aliphatic hydroxyl groups excluding tert-OH is 1. The van der Waals surface area contributed by atoms with E-state index in [9.17, 15) is 51.8 Å². The number of carboxylic acid groups (broad SMARTS) is 1. The molecule has 1 aromatic rings. The predicted octanol–water partition coefficient (Wildman–Crippen LogP) is -2.89. The maximum atomic E-state index is 13.8. The monoisotopic (exact) mass is 861 g/mol. The number of aliphatic carboxylic acids is 1. The minimum absolute atomic E-state index is 0.0146. The lowest BCUT2D eigenvalue weighted by Gasteiger charge is -2.28. The number of amides is 7. The number of carbonyl (C=O) groups excluding carboxylic acids is 7. The number of guanidine groups is 1. The Morgan fingerprint density at radius 3 is 1.50 bits per heavy atom. The number of benzene rings is 1. The SMILES string of the molecule is CC(C)C[C@H](NC(=O)[C@H](CC(C)C)NC(=O)[C@@H](Cc1ccccc1)NC(=O)[C@@H](N)CO)C(=O)N[C@@H](CCCN=C(N)N)C(=O)N[C@@H](CC(N)=O)C(N)=O.O=C(O)C(F)(F)F. The number of aliphatic imine (C=N–C) groups is 1. The highest BCUT2D eigenvalue weighted by Crippen LogP contribution is 2.14. The number of primary amides is 2. The van der Waals surface area contributed by atoms with Crippen molar-refractivity contribution < 1.29 is 61.7 Å². The van der Waals surface area contributed by atoms with Gasteiger partial charge in [-0.15, -0.1) is 0 Å². The van der Waals surface area contributed by atoms with Crippen LogP contribution in [-0.2, 0) is 44.8 Å². The number of nitrogens with two attached hydrogens (primary N) is 5. The van der Waals surface area contributed by atoms with Crippen LogP contribution in [-0.4, -0.2) is 119 Å². The first-order valence-corrected chi connectivity index (χ1v) is 18.6. The molecule has 338 valence electrons. The normalized spacial score (nSPS) is 14.1. The Kier molecular flexibility index (Phi) is 24.2. The van der Waals surface area contributed by atoms with Crippen LogP contribution in [0.4, 0.5) is 13.2 Å². The second-order valence-corrected chi connectivity index (χ2v) is 14.4. The zero-order valence-electron chi connectivity index (χ0n) is 33.8. The van der Waals surface area contributed by atoms with Gasteiger partial charge in [-0.2, -0.15) is 13.2 Å². The van der Waals surface area contributed by atoms with Gasteiger partial charge < -0.3 is 65.5 Å². The van der Waals surface area contributed by atoms with Crippen LogP contribution >= 0.6 is 0 Å². The lowest BCUT2D eigenvalue weighted by molar-refractivity contribution is -0.192. The summed E-state index contributed by atoms with van der Waals surface area (Å²) in [5.74, 6) is -8.86. The first kappa shape index (κ1) is 54.0. The summed E-state index contributed by atoms with van der Waals surface area (Å²) < 4.78 is 31.7. The molecule has 0 aliphatic carbocycles. The molecule has 0 spiro atoms. The maximum absolute atomic E-state index is 13.8. The van der Waals surface area contributed by atoms with Gasteiger partial charge >= 0.3 is 12.1 Å². The Bertz CT molecular complexity index is 1630. The van der Waals surface area contributed by atoms with E-state index in [0.717, 1.165) is 0 Å². The maximum Gasteiger partial charge on any atom is 0.490 e. The standard InChI is InChI=1S/C34H57N11O8.C2HF3O2/c1-18(2)13-24(31(51)41-22(11-8-12-40-34(38)39)30(50)42-23(28(37)48)16-27(36)47)44-32(52)25(14-19(3)4)45-33(53)26(43-29(49)21(35)17-46)15-20-9-6-5-7-10-20;3-2(4,5)1(6)7/h5-7,9-10,18-19,21-26,46H,8,11-17,35H2,1-4H3,(H2,36,47)(H2,37,48)(H,41,51)(H,42,50)(H,43,49)(H,44,52)(H,45,53)(H4,38,39,40);(H,6,7)/t21-,22-,23-,24-,25-,26+;/m0./s1. The lowest BCUT2D eigenvalue weighted by atomic mass is 9.98. The van der Waals surface area contributed by atoms with E-state index in [0.29, 0.717) is 5.56 Å². The molecule has 0 unspecified atom stereocenters. The molecule has 0 bridgehead atoms. The van der Waals surface area contributed by atoms with E-state index in [2.05, 4.69) is 31.6 Å². The second-order valence-electron chi connectivity index (χ2n) is 14.4. The molecule has 0 fully saturated rings. The fraction of sp³-hybridized carbons (Fsp3) is 0.583. The molecule has 0 radical (unpaired) electrons. The third-order valence-electron chi connectivity index (χ3n) is 8.02. The van der Waals surface area contributed by atoms with Crippen LogP contribution < -0.4 is 55.3 Å². The molecule has 0 aliphatic rings. The van der Waals surface area contributed by atoms with Crippen molar-refractivity contribution in [2.45, 2.75) is 109 Å². The van der Waals surface area contributed by atoms with Gasteiger partial charge in [0, 0.05) is 13.0 Å². The van der Waals surface area contributed by atoms with Crippen molar-refractivity contribution in [2.24, 2.45) is 45.5 Å². The summed E-state index contributed by atoms with van der Waals surface area (Å²) in [6.45, 7) is 6.74. The minimum atomic E-state index is -5.08. The summed E-state index contributed by atoms with van der Waals surface area (Å²) in [6, 6.07) is 1.29. The van der Waals surface area contributed by atoms with Gasteiger partial charge in [0.15, 0.2) is 5.96 Å². The summed E-state index contributed by atoms with van der Waals surface area (Å²) in [4.78, 5) is 103. The second kappa shape index (κ2) is 26.9. The molecule has 21 nitrogen and oxygen atoms in total. The Balaban J connectivity index is 0.00000453. The van der Waals surface area contributed by atoms with Gasteiger partial charge in [0.2, 0.25) is 41.4 Å². The third kappa shape index (κ3) is 22.8. The molecule has 0 saturated carbocycles. The van der Waals surface area contributed by atoms with E-state index in [1.807, 2.05) is 27.7 Å². The minimum Gasteiger partial charge on any atom is -0.475 e. The Morgan fingerprint density at radius 2 is 1.10 bits per heavy atom. The van der Waals surface area contributed by atoms with Crippen LogP contribution in [0.5, 0.6) is 0 Å². The Labute approximate surface area is 344 Å². The fourth-order valence-electron chi connectivity index (χ4n) is 5.11. The molecular formula is C36H58F3N11O10. The number of hydrogen-bond donors (Lipinski definition) is 12. The van der Waals surface area contributed by atoms with Crippen molar-refractivity contribution in [1.29, 1.82) is 0 Å². The first-order chi connectivity index (χ1) is 27.8. The van der Waals surface area contributed by atoms with E-state index in [1.165, 1.54) is 0 Å². The summed E-state index contributed by atoms with van der Waals surface area (Å²) in [5.41, 5.74) is 27.7. The average Bonchev–Trinajstić information content (AvgIpc) is 3.13. The van der Waals surface area contributed by atoms with Crippen molar-refractivity contribution in [3.8, 4) is 0 Å². The molecule has 60 heavy (non-hydrogen) atoms. The van der Waals surface area contributed by atoms with Crippen molar-refractivity contribution in [1.82, 2.24) is 26.6 Å². The summed E-state index contributed by atoms with van der Waals surface area (Å²) in [7, 11) is 0. The molecule has 6 atom stereocenters. The van der Waals surface area contributed by atoms with Gasteiger partial charge in [0.25, 0.3) is 0 Å². The number of nitrogens with one attached hydrogen (secondary N) is 5. The zero-order chi connectivity index (χ0) is 46.3. The van der Waals surface area contributed by atoms with Crippen molar-refractivity contribution in [3.63, 3.8) is 0 Å². The number of carbonyl (C=O) groups is 8. The molecule has 17 N–H and O–H groups in total. The van der Waals surface area contributed by atoms with Crippen molar-refractivity contribution in [3.05, 3.63) is 35.9 Å². The highest BCUT2D eigenvalue weighted by atomic mass is 19.4. The number of rotatable bonds is 24. The fourth-order valence-corrected chi connectivity index (χ4v) is 5.11. The molecular weight excluding hydrogens is 803 g/mol. The topological polar surface area (TPSA) is 380 Å². The average molecular weight is 862 g/mol.